The summed E-state index contributed by atoms with van der Waals surface area (Å²) in [5.41, 5.74) is -0.0614. The number of carboxylic acids is 1. The number of carbonyl (C=O) groups excluding carboxylic acids is 1. The zero-order valence-electron chi connectivity index (χ0n) is 8.87. The molecule has 17 heavy (non-hydrogen) atoms. The summed E-state index contributed by atoms with van der Waals surface area (Å²) in [6.45, 7) is 1.13. The Balaban J connectivity index is 3.15. The number of nitro benzene ring substituents is 1. The third-order valence-corrected chi connectivity index (χ3v) is 1.86. The Morgan fingerprint density at radius 1 is 1.47 bits per heavy atom. The summed E-state index contributed by atoms with van der Waals surface area (Å²) in [7, 11) is 0. The van der Waals surface area contributed by atoms with Crippen molar-refractivity contribution in [3.05, 3.63) is 33.9 Å². The second kappa shape index (κ2) is 5.06. The molecule has 1 N–H and O–H groups in total. The molecule has 7 nitrogen and oxygen atoms in total. The van der Waals surface area contributed by atoms with E-state index >= 15 is 0 Å². The average Bonchev–Trinajstić information content (AvgIpc) is 2.18. The maximum atomic E-state index is 10.8. The van der Waals surface area contributed by atoms with E-state index < -0.39 is 16.9 Å². The lowest BCUT2D eigenvalue weighted by atomic mass is 10.1. The molecule has 0 atom stereocenters. The fraction of sp³-hybridized carbons (Fsp3) is 0.200. The van der Waals surface area contributed by atoms with Crippen LogP contribution in [0.3, 0.4) is 0 Å². The van der Waals surface area contributed by atoms with Gasteiger partial charge in [-0.15, -0.1) is 0 Å². The van der Waals surface area contributed by atoms with E-state index in [0.717, 1.165) is 19.1 Å². The number of carboxylic acid groups (broad SMARTS) is 1. The molecule has 0 amide bonds. The van der Waals surface area contributed by atoms with Crippen LogP contribution in [0, 0.1) is 10.1 Å². The van der Waals surface area contributed by atoms with Crippen LogP contribution in [0.2, 0.25) is 0 Å². The van der Waals surface area contributed by atoms with E-state index in [1.54, 1.807) is 0 Å². The molecule has 0 saturated carbocycles. The van der Waals surface area contributed by atoms with Gasteiger partial charge in [-0.05, 0) is 6.07 Å². The average molecular weight is 239 g/mol. The van der Waals surface area contributed by atoms with Gasteiger partial charge in [-0.1, -0.05) is 0 Å². The molecule has 90 valence electrons. The van der Waals surface area contributed by atoms with Gasteiger partial charge in [-0.3, -0.25) is 19.7 Å². The Hall–Kier alpha value is -2.44. The highest BCUT2D eigenvalue weighted by atomic mass is 16.6. The van der Waals surface area contributed by atoms with Gasteiger partial charge in [0, 0.05) is 18.6 Å². The maximum absolute atomic E-state index is 10.8. The molecule has 0 saturated heterocycles. The first-order valence-electron chi connectivity index (χ1n) is 4.57. The van der Waals surface area contributed by atoms with Crippen molar-refractivity contribution < 1.29 is 24.4 Å². The van der Waals surface area contributed by atoms with Crippen LogP contribution in [0.15, 0.2) is 18.2 Å². The smallest absolute Gasteiger partial charge is 0.308 e. The number of nitrogens with zero attached hydrogens (tertiary/aromatic N) is 1. The van der Waals surface area contributed by atoms with Crippen LogP contribution in [0.1, 0.15) is 12.5 Å². The molecule has 0 spiro atoms. The topological polar surface area (TPSA) is 107 Å². The molecule has 0 heterocycles. The Kier molecular flexibility index (Phi) is 3.76. The number of rotatable bonds is 4. The molecule has 1 rings (SSSR count). The van der Waals surface area contributed by atoms with Crippen LogP contribution >= 0.6 is 0 Å². The van der Waals surface area contributed by atoms with E-state index in [1.807, 2.05) is 0 Å². The molecule has 7 heteroatoms. The molecule has 1 aromatic carbocycles. The second-order valence-corrected chi connectivity index (χ2v) is 3.21. The highest BCUT2D eigenvalue weighted by Crippen LogP contribution is 2.25. The van der Waals surface area contributed by atoms with Crippen molar-refractivity contribution in [2.24, 2.45) is 0 Å². The summed E-state index contributed by atoms with van der Waals surface area (Å²) < 4.78 is 4.73. The van der Waals surface area contributed by atoms with Crippen LogP contribution in [-0.2, 0) is 16.0 Å². The minimum absolute atomic E-state index is 0.103. The van der Waals surface area contributed by atoms with E-state index in [1.165, 1.54) is 6.07 Å². The lowest BCUT2D eigenvalue weighted by Crippen LogP contribution is -2.07. The predicted octanol–water partition coefficient (Wildman–Crippen LogP) is 1.15. The van der Waals surface area contributed by atoms with Gasteiger partial charge in [-0.2, -0.15) is 0 Å². The van der Waals surface area contributed by atoms with Crippen LogP contribution < -0.4 is 4.74 Å². The first kappa shape index (κ1) is 12.6. The Morgan fingerprint density at radius 3 is 2.59 bits per heavy atom. The number of benzene rings is 1. The number of hydrogen-bond donors (Lipinski definition) is 1. The number of hydrogen-bond acceptors (Lipinski definition) is 5. The highest BCUT2D eigenvalue weighted by Gasteiger charge is 2.15. The monoisotopic (exact) mass is 239 g/mol. The van der Waals surface area contributed by atoms with Crippen LogP contribution in [-0.4, -0.2) is 22.0 Å². The van der Waals surface area contributed by atoms with Gasteiger partial charge >= 0.3 is 11.9 Å². The number of esters is 1. The summed E-state index contributed by atoms with van der Waals surface area (Å²) in [4.78, 5) is 31.2. The largest absolute Gasteiger partial charge is 0.481 e. The molecule has 0 aliphatic carbocycles. The molecular weight excluding hydrogens is 230 g/mol. The highest BCUT2D eigenvalue weighted by molar-refractivity contribution is 5.74. The van der Waals surface area contributed by atoms with Crippen molar-refractivity contribution in [2.45, 2.75) is 13.3 Å². The number of non-ortho nitro benzene ring substituents is 1. The zero-order valence-corrected chi connectivity index (χ0v) is 8.87. The zero-order chi connectivity index (χ0) is 13.0. The van der Waals surface area contributed by atoms with Gasteiger partial charge in [0.25, 0.3) is 5.69 Å². The van der Waals surface area contributed by atoms with E-state index in [0.29, 0.717) is 0 Å². The van der Waals surface area contributed by atoms with Gasteiger partial charge < -0.3 is 9.84 Å². The maximum Gasteiger partial charge on any atom is 0.308 e. The lowest BCUT2D eigenvalue weighted by molar-refractivity contribution is -0.384. The van der Waals surface area contributed by atoms with E-state index in [4.69, 9.17) is 9.84 Å². The summed E-state index contributed by atoms with van der Waals surface area (Å²) in [6.07, 6.45) is -0.374. The Labute approximate surface area is 95.8 Å². The molecule has 0 unspecified atom stereocenters. The summed E-state index contributed by atoms with van der Waals surface area (Å²) >= 11 is 0. The van der Waals surface area contributed by atoms with Crippen molar-refractivity contribution in [3.63, 3.8) is 0 Å². The second-order valence-electron chi connectivity index (χ2n) is 3.21. The van der Waals surface area contributed by atoms with Gasteiger partial charge in [0.1, 0.15) is 5.75 Å². The minimum Gasteiger partial charge on any atom is -0.481 e. The van der Waals surface area contributed by atoms with E-state index in [9.17, 15) is 19.7 Å². The standard InChI is InChI=1S/C10H9NO6/c1-6(12)17-9-5-8(11(15)16)3-2-7(9)4-10(13)14/h2-3,5H,4H2,1H3,(H,13,14). The molecule has 0 bridgehead atoms. The molecule has 0 fully saturated rings. The van der Waals surface area contributed by atoms with E-state index in [2.05, 4.69) is 0 Å². The summed E-state index contributed by atoms with van der Waals surface area (Å²) in [5.74, 6) is -1.89. The van der Waals surface area contributed by atoms with E-state index in [-0.39, 0.29) is 23.4 Å². The van der Waals surface area contributed by atoms with Crippen LogP contribution in [0.25, 0.3) is 0 Å². The fourth-order valence-corrected chi connectivity index (χ4v) is 1.22. The lowest BCUT2D eigenvalue weighted by Gasteiger charge is -2.06. The molecule has 1 aromatic rings. The van der Waals surface area contributed by atoms with Crippen LogP contribution in [0.4, 0.5) is 5.69 Å². The number of ether oxygens (including phenoxy) is 1. The van der Waals surface area contributed by atoms with Crippen molar-refractivity contribution in [1.29, 1.82) is 0 Å². The quantitative estimate of drug-likeness (QED) is 0.365. The van der Waals surface area contributed by atoms with Gasteiger partial charge in [0.15, 0.2) is 0 Å². The number of nitro groups is 1. The van der Waals surface area contributed by atoms with Gasteiger partial charge in [0.05, 0.1) is 17.4 Å². The molecule has 0 aliphatic rings. The summed E-state index contributed by atoms with van der Waals surface area (Å²) in [6, 6.07) is 3.44. The Morgan fingerprint density at radius 2 is 2.12 bits per heavy atom. The van der Waals surface area contributed by atoms with Crippen LogP contribution in [0.5, 0.6) is 5.75 Å². The summed E-state index contributed by atoms with van der Waals surface area (Å²) in [5, 5.41) is 19.2. The Bertz CT molecular complexity index is 482. The van der Waals surface area contributed by atoms with Gasteiger partial charge in [0.2, 0.25) is 0 Å². The molecule has 0 aromatic heterocycles. The van der Waals surface area contributed by atoms with Crippen molar-refractivity contribution >= 4 is 17.6 Å². The predicted molar refractivity (Wildman–Crippen MR) is 55.7 cm³/mol. The van der Waals surface area contributed by atoms with Crippen molar-refractivity contribution in [1.82, 2.24) is 0 Å². The first-order chi connectivity index (χ1) is 7.90. The normalized spacial score (nSPS) is 9.71. The van der Waals surface area contributed by atoms with Crippen molar-refractivity contribution in [2.75, 3.05) is 0 Å². The molecule has 0 aliphatic heterocycles. The SMILES string of the molecule is CC(=O)Oc1cc([N+](=O)[O-])ccc1CC(=O)O. The minimum atomic E-state index is -1.12. The van der Waals surface area contributed by atoms with Crippen molar-refractivity contribution in [3.8, 4) is 5.75 Å². The molecule has 0 radical (unpaired) electrons. The fourth-order valence-electron chi connectivity index (χ4n) is 1.22. The first-order valence-corrected chi connectivity index (χ1v) is 4.57. The third-order valence-electron chi connectivity index (χ3n) is 1.86. The third kappa shape index (κ3) is 3.56. The van der Waals surface area contributed by atoms with Gasteiger partial charge in [-0.25, -0.2) is 0 Å². The molecular formula is C10H9NO6. The number of aliphatic carboxylic acids is 1. The number of carbonyl (C=O) groups is 2.